The Morgan fingerprint density at radius 2 is 2.05 bits per heavy atom. The van der Waals surface area contributed by atoms with Crippen molar-refractivity contribution in [1.82, 2.24) is 14.4 Å². The van der Waals surface area contributed by atoms with Crippen molar-refractivity contribution >= 4 is 21.4 Å². The minimum atomic E-state index is -0.262. The van der Waals surface area contributed by atoms with Crippen LogP contribution in [0, 0.1) is 5.82 Å². The highest BCUT2D eigenvalue weighted by molar-refractivity contribution is 9.10. The van der Waals surface area contributed by atoms with Crippen LogP contribution in [0.5, 0.6) is 0 Å². The fraction of sp³-hybridized carbons (Fsp3) is 0.200. The highest BCUT2D eigenvalue weighted by Gasteiger charge is 2.29. The van der Waals surface area contributed by atoms with Gasteiger partial charge in [-0.25, -0.2) is 9.37 Å². The molecule has 20 heavy (non-hydrogen) atoms. The van der Waals surface area contributed by atoms with E-state index in [2.05, 4.69) is 25.9 Å². The van der Waals surface area contributed by atoms with Gasteiger partial charge in [-0.1, -0.05) is 0 Å². The van der Waals surface area contributed by atoms with E-state index in [9.17, 15) is 4.39 Å². The molecule has 0 radical (unpaired) electrons. The Bertz CT molecular complexity index is 808. The zero-order valence-corrected chi connectivity index (χ0v) is 12.1. The quantitative estimate of drug-likeness (QED) is 0.705. The minimum Gasteiger partial charge on any atom is -0.303 e. The lowest BCUT2D eigenvalue weighted by atomic mass is 10.0. The Kier molecular flexibility index (Phi) is 2.63. The molecule has 0 saturated heterocycles. The van der Waals surface area contributed by atoms with Gasteiger partial charge in [0, 0.05) is 34.2 Å². The van der Waals surface area contributed by atoms with Gasteiger partial charge in [0.15, 0.2) is 0 Å². The summed E-state index contributed by atoms with van der Waals surface area (Å²) in [4.78, 5) is 8.22. The topological polar surface area (TPSA) is 30.2 Å². The number of hydrogen-bond acceptors (Lipinski definition) is 2. The van der Waals surface area contributed by atoms with Crippen LogP contribution < -0.4 is 0 Å². The lowest BCUT2D eigenvalue weighted by molar-refractivity contribution is 0.634. The Morgan fingerprint density at radius 3 is 2.85 bits per heavy atom. The summed E-state index contributed by atoms with van der Waals surface area (Å²) in [7, 11) is 0. The third-order valence-electron chi connectivity index (χ3n) is 3.71. The van der Waals surface area contributed by atoms with Crippen molar-refractivity contribution in [3.63, 3.8) is 0 Å². The summed E-state index contributed by atoms with van der Waals surface area (Å²) in [5.74, 6) is 0.297. The molecular weight excluding hydrogens is 321 g/mol. The van der Waals surface area contributed by atoms with Crippen LogP contribution in [0.2, 0.25) is 0 Å². The molecule has 3 aromatic rings. The molecular formula is C15H11BrFN3. The third-order valence-corrected chi connectivity index (χ3v) is 4.34. The molecule has 0 aliphatic heterocycles. The second-order valence-electron chi connectivity index (χ2n) is 5.12. The second kappa shape index (κ2) is 4.38. The van der Waals surface area contributed by atoms with Crippen LogP contribution in [0.3, 0.4) is 0 Å². The first-order valence-electron chi connectivity index (χ1n) is 6.49. The maximum Gasteiger partial charge on any atom is 0.149 e. The van der Waals surface area contributed by atoms with E-state index in [1.807, 2.05) is 18.6 Å². The molecule has 3 aromatic heterocycles. The van der Waals surface area contributed by atoms with Gasteiger partial charge in [-0.15, -0.1) is 0 Å². The van der Waals surface area contributed by atoms with Gasteiger partial charge in [0.2, 0.25) is 0 Å². The molecule has 0 N–H and O–H groups in total. The molecule has 100 valence electrons. The van der Waals surface area contributed by atoms with Crippen molar-refractivity contribution in [3.05, 3.63) is 53.0 Å². The smallest absolute Gasteiger partial charge is 0.149 e. The van der Waals surface area contributed by atoms with E-state index >= 15 is 0 Å². The monoisotopic (exact) mass is 331 g/mol. The van der Waals surface area contributed by atoms with Crippen molar-refractivity contribution in [2.45, 2.75) is 18.8 Å². The normalized spacial score (nSPS) is 14.9. The Morgan fingerprint density at radius 1 is 1.20 bits per heavy atom. The van der Waals surface area contributed by atoms with E-state index in [4.69, 9.17) is 0 Å². The molecule has 0 amide bonds. The van der Waals surface area contributed by atoms with Gasteiger partial charge < -0.3 is 4.40 Å². The van der Waals surface area contributed by atoms with Crippen LogP contribution in [0.15, 0.2) is 41.7 Å². The molecule has 0 aromatic carbocycles. The highest BCUT2D eigenvalue weighted by atomic mass is 79.9. The van der Waals surface area contributed by atoms with Crippen molar-refractivity contribution in [3.8, 4) is 11.1 Å². The van der Waals surface area contributed by atoms with Gasteiger partial charge in [0.05, 0.1) is 12.5 Å². The summed E-state index contributed by atoms with van der Waals surface area (Å²) in [5, 5.41) is 0. The summed E-state index contributed by atoms with van der Waals surface area (Å²) in [5.41, 5.74) is 3.56. The average Bonchev–Trinajstić information content (AvgIpc) is 3.15. The van der Waals surface area contributed by atoms with Crippen LogP contribution in [0.1, 0.15) is 24.3 Å². The molecule has 5 heteroatoms. The molecule has 0 unspecified atom stereocenters. The van der Waals surface area contributed by atoms with Crippen molar-refractivity contribution in [2.75, 3.05) is 0 Å². The number of hydrogen-bond donors (Lipinski definition) is 0. The van der Waals surface area contributed by atoms with Crippen molar-refractivity contribution < 1.29 is 4.39 Å². The van der Waals surface area contributed by atoms with Crippen LogP contribution in [0.25, 0.3) is 16.6 Å². The van der Waals surface area contributed by atoms with Crippen molar-refractivity contribution in [1.29, 1.82) is 0 Å². The molecule has 1 saturated carbocycles. The van der Waals surface area contributed by atoms with E-state index in [-0.39, 0.29) is 5.82 Å². The van der Waals surface area contributed by atoms with E-state index in [0.717, 1.165) is 15.6 Å². The molecule has 3 heterocycles. The molecule has 1 aliphatic rings. The number of aromatic nitrogens is 3. The first-order valence-corrected chi connectivity index (χ1v) is 7.28. The Balaban J connectivity index is 1.97. The summed E-state index contributed by atoms with van der Waals surface area (Å²) >= 11 is 3.57. The van der Waals surface area contributed by atoms with Crippen LogP contribution in [-0.4, -0.2) is 14.4 Å². The van der Waals surface area contributed by atoms with Crippen LogP contribution in [0.4, 0.5) is 4.39 Å². The number of fused-ring (bicyclic) bond motifs is 1. The Labute approximate surface area is 123 Å². The van der Waals surface area contributed by atoms with E-state index in [0.29, 0.717) is 11.4 Å². The van der Waals surface area contributed by atoms with Gasteiger partial charge in [0.1, 0.15) is 11.3 Å². The summed E-state index contributed by atoms with van der Waals surface area (Å²) < 4.78 is 16.8. The van der Waals surface area contributed by atoms with Crippen molar-refractivity contribution in [2.24, 2.45) is 0 Å². The minimum absolute atomic E-state index is 0.262. The van der Waals surface area contributed by atoms with Gasteiger partial charge in [-0.3, -0.25) is 4.98 Å². The molecule has 0 atom stereocenters. The predicted molar refractivity (Wildman–Crippen MR) is 78.1 cm³/mol. The SMILES string of the molecule is Fc1cc(-c2cncc(Br)c2C2CC2)cn2cncc12. The van der Waals surface area contributed by atoms with Gasteiger partial charge in [-0.2, -0.15) is 0 Å². The van der Waals surface area contributed by atoms with Gasteiger partial charge in [0.25, 0.3) is 0 Å². The summed E-state index contributed by atoms with van der Waals surface area (Å²) in [6.07, 6.45) is 11.0. The molecule has 4 rings (SSSR count). The lowest BCUT2D eigenvalue weighted by Gasteiger charge is -2.11. The number of rotatable bonds is 2. The summed E-state index contributed by atoms with van der Waals surface area (Å²) in [6.45, 7) is 0. The molecule has 0 bridgehead atoms. The van der Waals surface area contributed by atoms with E-state index in [1.54, 1.807) is 16.8 Å². The molecule has 1 fully saturated rings. The first-order chi connectivity index (χ1) is 9.74. The molecule has 3 nitrogen and oxygen atoms in total. The van der Waals surface area contributed by atoms with E-state index < -0.39 is 0 Å². The maximum absolute atomic E-state index is 14.1. The lowest BCUT2D eigenvalue weighted by Crippen LogP contribution is -1.95. The third kappa shape index (κ3) is 1.85. The highest BCUT2D eigenvalue weighted by Crippen LogP contribution is 2.47. The summed E-state index contributed by atoms with van der Waals surface area (Å²) in [6, 6.07) is 1.56. The van der Waals surface area contributed by atoms with E-state index in [1.165, 1.54) is 24.6 Å². The standard InChI is InChI=1S/C15H11BrFN3/c16-12-5-18-4-11(15(12)9-1-2-9)10-3-13(17)14-6-19-8-20(14)7-10/h3-9H,1-2H2. The zero-order valence-electron chi connectivity index (χ0n) is 10.6. The molecule has 0 spiro atoms. The Hall–Kier alpha value is -1.75. The van der Waals surface area contributed by atoms with Gasteiger partial charge in [-0.05, 0) is 46.3 Å². The number of halogens is 2. The largest absolute Gasteiger partial charge is 0.303 e. The second-order valence-corrected chi connectivity index (χ2v) is 5.97. The first kappa shape index (κ1) is 12.0. The average molecular weight is 332 g/mol. The fourth-order valence-electron chi connectivity index (χ4n) is 2.60. The number of imidazole rings is 1. The fourth-order valence-corrected chi connectivity index (χ4v) is 3.25. The predicted octanol–water partition coefficient (Wildman–Crippen LogP) is 4.18. The number of pyridine rings is 2. The van der Waals surface area contributed by atoms with Crippen LogP contribution >= 0.6 is 15.9 Å². The van der Waals surface area contributed by atoms with Crippen LogP contribution in [-0.2, 0) is 0 Å². The number of nitrogens with zero attached hydrogens (tertiary/aromatic N) is 3. The molecule has 1 aliphatic carbocycles. The maximum atomic E-state index is 14.1. The van der Waals surface area contributed by atoms with Gasteiger partial charge >= 0.3 is 0 Å². The zero-order chi connectivity index (χ0) is 13.7.